The highest BCUT2D eigenvalue weighted by atomic mass is 35.5. The summed E-state index contributed by atoms with van der Waals surface area (Å²) < 4.78 is 15.7. The third-order valence-electron chi connectivity index (χ3n) is 3.61. The van der Waals surface area contributed by atoms with Gasteiger partial charge in [-0.3, -0.25) is 0 Å². The van der Waals surface area contributed by atoms with Crippen LogP contribution in [0.1, 0.15) is 11.1 Å². The van der Waals surface area contributed by atoms with Crippen molar-refractivity contribution in [3.8, 4) is 11.5 Å². The van der Waals surface area contributed by atoms with E-state index in [-0.39, 0.29) is 5.70 Å². The Labute approximate surface area is 150 Å². The first-order valence-electron chi connectivity index (χ1n) is 7.56. The summed E-state index contributed by atoms with van der Waals surface area (Å²) in [5, 5.41) is 0.654. The molecule has 6 heteroatoms. The zero-order valence-corrected chi connectivity index (χ0v) is 14.5. The molecule has 1 heterocycles. The van der Waals surface area contributed by atoms with Crippen LogP contribution in [0.25, 0.3) is 6.08 Å². The number of cyclic esters (lactones) is 1. The number of hydrogen-bond donors (Lipinski definition) is 0. The van der Waals surface area contributed by atoms with Gasteiger partial charge in [-0.15, -0.1) is 0 Å². The molecule has 5 nitrogen and oxygen atoms in total. The first-order valence-corrected chi connectivity index (χ1v) is 7.94. The van der Waals surface area contributed by atoms with E-state index in [0.717, 1.165) is 11.1 Å². The van der Waals surface area contributed by atoms with Gasteiger partial charge < -0.3 is 14.2 Å². The topological polar surface area (TPSA) is 57.1 Å². The molecule has 0 aromatic heterocycles. The summed E-state index contributed by atoms with van der Waals surface area (Å²) in [6, 6.07) is 12.6. The molecule has 0 saturated heterocycles. The lowest BCUT2D eigenvalue weighted by Gasteiger charge is -2.05. The molecule has 25 heavy (non-hydrogen) atoms. The number of carbonyl (C=O) groups excluding carboxylic acids is 1. The van der Waals surface area contributed by atoms with E-state index in [9.17, 15) is 4.79 Å². The Bertz CT molecular complexity index is 834. The number of methoxy groups -OCH3 is 2. The van der Waals surface area contributed by atoms with E-state index in [1.165, 1.54) is 0 Å². The largest absolute Gasteiger partial charge is 0.497 e. The molecule has 0 bridgehead atoms. The minimum absolute atomic E-state index is 0.235. The smallest absolute Gasteiger partial charge is 0.363 e. The molecule has 1 aliphatic heterocycles. The standard InChI is InChI=1S/C19H16ClNO4/c1-23-15-7-13(8-16(11-15)24-2)9-17-19(22)25-18(21-17)10-12-3-5-14(20)6-4-12/h3-9,11H,10H2,1-2H3/b17-9+. The molecule has 0 saturated carbocycles. The van der Waals surface area contributed by atoms with Crippen molar-refractivity contribution in [2.75, 3.05) is 14.2 Å². The number of esters is 1. The van der Waals surface area contributed by atoms with Crippen molar-refractivity contribution in [1.29, 1.82) is 0 Å². The van der Waals surface area contributed by atoms with E-state index >= 15 is 0 Å². The maximum Gasteiger partial charge on any atom is 0.363 e. The van der Waals surface area contributed by atoms with Crippen molar-refractivity contribution >= 4 is 29.5 Å². The van der Waals surface area contributed by atoms with Gasteiger partial charge in [0.25, 0.3) is 0 Å². The van der Waals surface area contributed by atoms with Gasteiger partial charge >= 0.3 is 5.97 Å². The number of ether oxygens (including phenoxy) is 3. The van der Waals surface area contributed by atoms with Crippen LogP contribution in [0.2, 0.25) is 5.02 Å². The molecule has 2 aromatic rings. The fourth-order valence-corrected chi connectivity index (χ4v) is 2.50. The van der Waals surface area contributed by atoms with E-state index in [2.05, 4.69) is 4.99 Å². The summed E-state index contributed by atoms with van der Waals surface area (Å²) >= 11 is 5.87. The Morgan fingerprint density at radius 1 is 1.08 bits per heavy atom. The molecule has 128 valence electrons. The second-order valence-corrected chi connectivity index (χ2v) is 5.81. The van der Waals surface area contributed by atoms with Gasteiger partial charge in [0.1, 0.15) is 11.5 Å². The monoisotopic (exact) mass is 357 g/mol. The summed E-state index contributed by atoms with van der Waals surface area (Å²) in [5.41, 5.74) is 1.93. The van der Waals surface area contributed by atoms with E-state index in [1.54, 1.807) is 50.6 Å². The molecule has 0 N–H and O–H groups in total. The Kier molecular flexibility index (Phi) is 5.05. The van der Waals surface area contributed by atoms with Crippen LogP contribution in [0.4, 0.5) is 0 Å². The minimum atomic E-state index is -0.481. The van der Waals surface area contributed by atoms with E-state index in [0.29, 0.717) is 28.8 Å². The molecule has 0 aliphatic carbocycles. The highest BCUT2D eigenvalue weighted by Gasteiger charge is 2.23. The second-order valence-electron chi connectivity index (χ2n) is 5.37. The number of benzene rings is 2. The Hall–Kier alpha value is -2.79. The number of rotatable bonds is 5. The molecule has 0 unspecified atom stereocenters. The van der Waals surface area contributed by atoms with E-state index in [4.69, 9.17) is 25.8 Å². The van der Waals surface area contributed by atoms with Gasteiger partial charge in [-0.25, -0.2) is 9.79 Å². The summed E-state index contributed by atoms with van der Waals surface area (Å²) in [4.78, 5) is 16.3. The molecule has 0 spiro atoms. The SMILES string of the molecule is COc1cc(/C=C2/N=C(Cc3ccc(Cl)cc3)OC2=O)cc(OC)c1. The maximum atomic E-state index is 12.1. The Morgan fingerprint density at radius 2 is 1.72 bits per heavy atom. The molecule has 0 atom stereocenters. The summed E-state index contributed by atoms with van der Waals surface area (Å²) in [5.74, 6) is 1.13. The normalized spacial score (nSPS) is 15.1. The maximum absolute atomic E-state index is 12.1. The summed E-state index contributed by atoms with van der Waals surface area (Å²) in [7, 11) is 3.13. The van der Waals surface area contributed by atoms with Crippen molar-refractivity contribution in [2.24, 2.45) is 4.99 Å². The first-order chi connectivity index (χ1) is 12.1. The zero-order chi connectivity index (χ0) is 17.8. The van der Waals surface area contributed by atoms with Gasteiger partial charge in [0.2, 0.25) is 5.90 Å². The van der Waals surface area contributed by atoms with Gasteiger partial charge in [0.15, 0.2) is 5.70 Å². The molecular formula is C19H16ClNO4. The Balaban J connectivity index is 1.84. The molecule has 2 aromatic carbocycles. The van der Waals surface area contributed by atoms with Crippen molar-refractivity contribution in [3.63, 3.8) is 0 Å². The van der Waals surface area contributed by atoms with Crippen LogP contribution in [0.3, 0.4) is 0 Å². The first kappa shape index (κ1) is 17.0. The molecule has 0 fully saturated rings. The fraction of sp³-hybridized carbons (Fsp3) is 0.158. The molecule has 3 rings (SSSR count). The average Bonchev–Trinajstić information content (AvgIpc) is 2.95. The van der Waals surface area contributed by atoms with Gasteiger partial charge in [-0.1, -0.05) is 23.7 Å². The van der Waals surface area contributed by atoms with Crippen molar-refractivity contribution in [2.45, 2.75) is 6.42 Å². The minimum Gasteiger partial charge on any atom is -0.497 e. The Morgan fingerprint density at radius 3 is 2.32 bits per heavy atom. The van der Waals surface area contributed by atoms with Crippen LogP contribution in [-0.2, 0) is 16.0 Å². The van der Waals surface area contributed by atoms with Crippen LogP contribution in [0.5, 0.6) is 11.5 Å². The zero-order valence-electron chi connectivity index (χ0n) is 13.8. The lowest BCUT2D eigenvalue weighted by molar-refractivity contribution is -0.130. The third-order valence-corrected chi connectivity index (χ3v) is 3.86. The van der Waals surface area contributed by atoms with Crippen molar-refractivity contribution < 1.29 is 19.0 Å². The van der Waals surface area contributed by atoms with Crippen LogP contribution in [0.15, 0.2) is 53.2 Å². The summed E-state index contributed by atoms with van der Waals surface area (Å²) in [6.45, 7) is 0. The second kappa shape index (κ2) is 7.40. The highest BCUT2D eigenvalue weighted by molar-refractivity contribution is 6.30. The number of halogens is 1. The number of aliphatic imine (C=N–C) groups is 1. The number of hydrogen-bond acceptors (Lipinski definition) is 5. The number of carbonyl (C=O) groups is 1. The van der Waals surface area contributed by atoms with Gasteiger partial charge in [-0.05, 0) is 41.5 Å². The predicted octanol–water partition coefficient (Wildman–Crippen LogP) is 3.90. The molecule has 0 radical (unpaired) electrons. The van der Waals surface area contributed by atoms with Crippen LogP contribution in [0, 0.1) is 0 Å². The van der Waals surface area contributed by atoms with E-state index < -0.39 is 5.97 Å². The van der Waals surface area contributed by atoms with Crippen LogP contribution >= 0.6 is 11.6 Å². The fourth-order valence-electron chi connectivity index (χ4n) is 2.38. The van der Waals surface area contributed by atoms with Gasteiger partial charge in [-0.2, -0.15) is 0 Å². The van der Waals surface area contributed by atoms with Crippen molar-refractivity contribution in [3.05, 3.63) is 64.3 Å². The van der Waals surface area contributed by atoms with Crippen molar-refractivity contribution in [1.82, 2.24) is 0 Å². The van der Waals surface area contributed by atoms with Gasteiger partial charge in [0.05, 0.1) is 14.2 Å². The van der Waals surface area contributed by atoms with Crippen LogP contribution < -0.4 is 9.47 Å². The summed E-state index contributed by atoms with van der Waals surface area (Å²) in [6.07, 6.45) is 2.06. The lowest BCUT2D eigenvalue weighted by Crippen LogP contribution is -2.06. The molecular weight excluding hydrogens is 342 g/mol. The number of nitrogens with zero attached hydrogens (tertiary/aromatic N) is 1. The van der Waals surface area contributed by atoms with Crippen LogP contribution in [-0.4, -0.2) is 26.1 Å². The van der Waals surface area contributed by atoms with Gasteiger partial charge in [0, 0.05) is 17.5 Å². The lowest BCUT2D eigenvalue weighted by atomic mass is 10.1. The average molecular weight is 358 g/mol. The molecule has 0 amide bonds. The molecule has 1 aliphatic rings. The third kappa shape index (κ3) is 4.19. The van der Waals surface area contributed by atoms with E-state index in [1.807, 2.05) is 12.1 Å². The quantitative estimate of drug-likeness (QED) is 0.601. The highest BCUT2D eigenvalue weighted by Crippen LogP contribution is 2.25. The predicted molar refractivity (Wildman–Crippen MR) is 96.2 cm³/mol.